The van der Waals surface area contributed by atoms with Crippen LogP contribution in [0.4, 0.5) is 0 Å². The molecule has 0 spiro atoms. The van der Waals surface area contributed by atoms with E-state index in [2.05, 4.69) is 26.7 Å². The lowest BCUT2D eigenvalue weighted by atomic mass is 9.68. The molecule has 0 aliphatic carbocycles. The van der Waals surface area contributed by atoms with Crippen LogP contribution in [-0.4, -0.2) is 17.3 Å². The Hall–Kier alpha value is -1.77. The maximum absolute atomic E-state index is 12.2. The highest BCUT2D eigenvalue weighted by Crippen LogP contribution is 2.33. The Morgan fingerprint density at radius 1 is 0.778 bits per heavy atom. The molecule has 1 radical (unpaired) electrons. The number of hydrogen-bond acceptors (Lipinski definition) is 3. The lowest BCUT2D eigenvalue weighted by molar-refractivity contribution is -0.144. The van der Waals surface area contributed by atoms with Crippen LogP contribution in [0.1, 0.15) is 27.2 Å². The molecule has 3 nitrogen and oxygen atoms in total. The highest BCUT2D eigenvalue weighted by Gasteiger charge is 2.50. The summed E-state index contributed by atoms with van der Waals surface area (Å²) in [5.74, 6) is -1.84. The molecule has 0 aromatic rings. The van der Waals surface area contributed by atoms with Crippen LogP contribution in [-0.2, 0) is 14.4 Å². The van der Waals surface area contributed by atoms with Gasteiger partial charge in [0, 0.05) is 0 Å². The van der Waals surface area contributed by atoms with Gasteiger partial charge in [0.1, 0.15) is 0 Å². The molecular formula is C15H19O3. The molecule has 0 fully saturated rings. The minimum atomic E-state index is -1.84. The summed E-state index contributed by atoms with van der Waals surface area (Å²) in [6, 6.07) is 0. The Bertz CT molecular complexity index is 388. The van der Waals surface area contributed by atoms with Crippen molar-refractivity contribution in [2.45, 2.75) is 27.2 Å². The normalized spacial score (nSPS) is 10.7. The predicted molar refractivity (Wildman–Crippen MR) is 71.9 cm³/mol. The van der Waals surface area contributed by atoms with Crippen molar-refractivity contribution in [2.75, 3.05) is 0 Å². The Balaban J connectivity index is 6.10. The molecule has 0 rings (SSSR count). The van der Waals surface area contributed by atoms with E-state index in [1.54, 1.807) is 0 Å². The second-order valence-corrected chi connectivity index (χ2v) is 4.48. The molecule has 0 aromatic carbocycles. The quantitative estimate of drug-likeness (QED) is 0.513. The smallest absolute Gasteiger partial charge is 0.179 e. The van der Waals surface area contributed by atoms with Crippen molar-refractivity contribution in [1.29, 1.82) is 0 Å². The molecule has 0 saturated carbocycles. The minimum Gasteiger partial charge on any atom is -0.293 e. The second kappa shape index (κ2) is 5.71. The van der Waals surface area contributed by atoms with Gasteiger partial charge in [-0.05, 0) is 43.9 Å². The molecule has 0 atom stereocenters. The SMILES string of the molecule is [CH2]CC(C(=O)C(=C)C)(C(=O)C(=C)C)C(=O)C(=C)C. The average Bonchev–Trinajstić information content (AvgIpc) is 2.29. The Morgan fingerprint density at radius 3 is 1.11 bits per heavy atom. The molecule has 0 bridgehead atoms. The third-order valence-electron chi connectivity index (χ3n) is 2.70. The van der Waals surface area contributed by atoms with Gasteiger partial charge in [0.2, 0.25) is 0 Å². The standard InChI is InChI=1S/C15H19O3/c1-8-15(12(16)9(2)3,13(17)10(4)5)14(18)11(6)7/h1-2,4,6,8H2,3,5,7H3. The highest BCUT2D eigenvalue weighted by molar-refractivity contribution is 6.34. The summed E-state index contributed by atoms with van der Waals surface area (Å²) in [5.41, 5.74) is -1.42. The predicted octanol–water partition coefficient (Wildman–Crippen LogP) is 2.63. The van der Waals surface area contributed by atoms with Gasteiger partial charge in [0.05, 0.1) is 0 Å². The molecule has 97 valence electrons. The van der Waals surface area contributed by atoms with Crippen molar-refractivity contribution in [1.82, 2.24) is 0 Å². The minimum absolute atomic E-state index is 0.142. The molecule has 18 heavy (non-hydrogen) atoms. The van der Waals surface area contributed by atoms with E-state index in [4.69, 9.17) is 0 Å². The lowest BCUT2D eigenvalue weighted by Crippen LogP contribution is -2.47. The molecule has 3 heteroatoms. The van der Waals surface area contributed by atoms with Gasteiger partial charge in [0.15, 0.2) is 22.8 Å². The van der Waals surface area contributed by atoms with Gasteiger partial charge in [-0.2, -0.15) is 0 Å². The second-order valence-electron chi connectivity index (χ2n) is 4.48. The fourth-order valence-corrected chi connectivity index (χ4v) is 1.74. The van der Waals surface area contributed by atoms with Crippen LogP contribution in [0.5, 0.6) is 0 Å². The van der Waals surface area contributed by atoms with Crippen molar-refractivity contribution in [3.8, 4) is 0 Å². The van der Waals surface area contributed by atoms with Crippen molar-refractivity contribution < 1.29 is 14.4 Å². The van der Waals surface area contributed by atoms with Crippen molar-refractivity contribution >= 4 is 17.3 Å². The summed E-state index contributed by atoms with van der Waals surface area (Å²) in [4.78, 5) is 36.7. The molecule has 0 amide bonds. The van der Waals surface area contributed by atoms with Crippen LogP contribution in [0.25, 0.3) is 0 Å². The molecule has 0 heterocycles. The fourth-order valence-electron chi connectivity index (χ4n) is 1.74. The van der Waals surface area contributed by atoms with E-state index >= 15 is 0 Å². The zero-order chi connectivity index (χ0) is 14.7. The summed E-state index contributed by atoms with van der Waals surface area (Å²) in [6.45, 7) is 18.5. The first-order valence-electron chi connectivity index (χ1n) is 5.53. The van der Waals surface area contributed by atoms with E-state index in [0.29, 0.717) is 0 Å². The van der Waals surface area contributed by atoms with Gasteiger partial charge < -0.3 is 0 Å². The number of allylic oxidation sites excluding steroid dienone is 3. The zero-order valence-corrected chi connectivity index (χ0v) is 11.3. The van der Waals surface area contributed by atoms with E-state index in [9.17, 15) is 14.4 Å². The first-order valence-corrected chi connectivity index (χ1v) is 5.53. The number of rotatable bonds is 7. The van der Waals surface area contributed by atoms with Gasteiger partial charge >= 0.3 is 0 Å². The third kappa shape index (κ3) is 2.55. The molecule has 0 N–H and O–H groups in total. The maximum Gasteiger partial charge on any atom is 0.179 e. The average molecular weight is 247 g/mol. The van der Waals surface area contributed by atoms with Crippen LogP contribution in [0.15, 0.2) is 36.5 Å². The summed E-state index contributed by atoms with van der Waals surface area (Å²) < 4.78 is 0. The van der Waals surface area contributed by atoms with Crippen molar-refractivity contribution in [2.24, 2.45) is 5.41 Å². The first-order chi connectivity index (χ1) is 8.12. The number of carbonyl (C=O) groups is 3. The summed E-state index contributed by atoms with van der Waals surface area (Å²) in [7, 11) is 0. The van der Waals surface area contributed by atoms with Crippen molar-refractivity contribution in [3.63, 3.8) is 0 Å². The number of ketones is 3. The van der Waals surface area contributed by atoms with E-state index in [1.165, 1.54) is 20.8 Å². The van der Waals surface area contributed by atoms with Crippen LogP contribution in [0.2, 0.25) is 0 Å². The number of hydrogen-bond donors (Lipinski definition) is 0. The topological polar surface area (TPSA) is 51.2 Å². The largest absolute Gasteiger partial charge is 0.293 e. The molecular weight excluding hydrogens is 228 g/mol. The van der Waals surface area contributed by atoms with E-state index in [-0.39, 0.29) is 23.1 Å². The van der Waals surface area contributed by atoms with Crippen LogP contribution in [0, 0.1) is 12.3 Å². The molecule has 0 aromatic heterocycles. The van der Waals surface area contributed by atoms with Crippen LogP contribution >= 0.6 is 0 Å². The zero-order valence-electron chi connectivity index (χ0n) is 11.3. The Kier molecular flexibility index (Phi) is 5.15. The van der Waals surface area contributed by atoms with E-state index in [0.717, 1.165) is 0 Å². The van der Waals surface area contributed by atoms with Gasteiger partial charge in [0.25, 0.3) is 0 Å². The fraction of sp³-hybridized carbons (Fsp3) is 0.333. The van der Waals surface area contributed by atoms with Gasteiger partial charge in [-0.1, -0.05) is 26.7 Å². The van der Waals surface area contributed by atoms with Gasteiger partial charge in [-0.3, -0.25) is 14.4 Å². The third-order valence-corrected chi connectivity index (χ3v) is 2.70. The van der Waals surface area contributed by atoms with Crippen molar-refractivity contribution in [3.05, 3.63) is 43.4 Å². The summed E-state index contributed by atoms with van der Waals surface area (Å²) >= 11 is 0. The molecule has 0 aliphatic heterocycles. The summed E-state index contributed by atoms with van der Waals surface area (Å²) in [6.07, 6.45) is -0.171. The monoisotopic (exact) mass is 247 g/mol. The molecule has 0 unspecified atom stereocenters. The van der Waals surface area contributed by atoms with E-state index in [1.807, 2.05) is 0 Å². The first kappa shape index (κ1) is 16.2. The van der Waals surface area contributed by atoms with Crippen LogP contribution < -0.4 is 0 Å². The maximum atomic E-state index is 12.2. The number of carbonyl (C=O) groups excluding carboxylic acids is 3. The lowest BCUT2D eigenvalue weighted by Gasteiger charge is -2.28. The summed E-state index contributed by atoms with van der Waals surface area (Å²) in [5, 5.41) is 0. The van der Waals surface area contributed by atoms with Gasteiger partial charge in [-0.25, -0.2) is 0 Å². The molecule has 0 saturated heterocycles. The Labute approximate surface area is 108 Å². The Morgan fingerprint density at radius 2 is 1.00 bits per heavy atom. The van der Waals surface area contributed by atoms with E-state index < -0.39 is 22.8 Å². The molecule has 0 aliphatic rings. The van der Waals surface area contributed by atoms with Crippen LogP contribution in [0.3, 0.4) is 0 Å². The highest BCUT2D eigenvalue weighted by atomic mass is 16.2. The number of Topliss-reactive ketones (excluding diaryl/α,β-unsaturated/α-hetero) is 3. The van der Waals surface area contributed by atoms with Gasteiger partial charge in [-0.15, -0.1) is 0 Å².